The van der Waals surface area contributed by atoms with Gasteiger partial charge in [0.05, 0.1) is 23.8 Å². The van der Waals surface area contributed by atoms with Gasteiger partial charge >= 0.3 is 12.4 Å². The topological polar surface area (TPSA) is 57.7 Å². The number of ether oxygens (including phenoxy) is 1. The second-order valence-corrected chi connectivity index (χ2v) is 7.99. The third kappa shape index (κ3) is 3.55. The summed E-state index contributed by atoms with van der Waals surface area (Å²) in [6.07, 6.45) is -2.75. The van der Waals surface area contributed by atoms with Crippen molar-refractivity contribution < 1.29 is 27.1 Å². The van der Waals surface area contributed by atoms with E-state index in [1.807, 2.05) is 25.1 Å². The highest BCUT2D eigenvalue weighted by molar-refractivity contribution is 5.94. The number of hydrogen-bond acceptors (Lipinski definition) is 4. The van der Waals surface area contributed by atoms with E-state index in [0.29, 0.717) is 19.4 Å². The first kappa shape index (κ1) is 20.4. The van der Waals surface area contributed by atoms with E-state index in [4.69, 9.17) is 0 Å². The SMILES string of the molecule is CN(C)[C@]1(c2cccc(F)c2)C[C@@]2(CN(c3ccc(OC(F)(F)F)cn3)C(=O)N2)C1. The number of anilines is 1. The van der Waals surface area contributed by atoms with Gasteiger partial charge in [0.15, 0.2) is 0 Å². The summed E-state index contributed by atoms with van der Waals surface area (Å²) in [6, 6.07) is 8.47. The molecule has 10 heteroatoms. The lowest BCUT2D eigenvalue weighted by atomic mass is 9.59. The van der Waals surface area contributed by atoms with Crippen molar-refractivity contribution in [2.24, 2.45) is 0 Å². The predicted molar refractivity (Wildman–Crippen MR) is 101 cm³/mol. The molecule has 2 fully saturated rings. The lowest BCUT2D eigenvalue weighted by molar-refractivity contribution is -0.274. The van der Waals surface area contributed by atoms with Gasteiger partial charge in [0, 0.05) is 0 Å². The fraction of sp³-hybridized carbons (Fsp3) is 0.400. The van der Waals surface area contributed by atoms with E-state index in [-0.39, 0.29) is 17.7 Å². The van der Waals surface area contributed by atoms with Crippen LogP contribution in [0.1, 0.15) is 18.4 Å². The summed E-state index contributed by atoms with van der Waals surface area (Å²) in [7, 11) is 3.82. The van der Waals surface area contributed by atoms with Crippen molar-refractivity contribution in [2.75, 3.05) is 25.5 Å². The molecule has 6 nitrogen and oxygen atoms in total. The van der Waals surface area contributed by atoms with Crippen LogP contribution in [0.5, 0.6) is 5.75 Å². The van der Waals surface area contributed by atoms with Gasteiger partial charge in [-0.2, -0.15) is 0 Å². The minimum absolute atomic E-state index is 0.229. The maximum Gasteiger partial charge on any atom is 0.573 e. The molecule has 0 atom stereocenters. The number of carbonyl (C=O) groups is 1. The average molecular weight is 424 g/mol. The molecule has 1 aliphatic carbocycles. The quantitative estimate of drug-likeness (QED) is 0.762. The number of halogens is 4. The van der Waals surface area contributed by atoms with Gasteiger partial charge < -0.3 is 10.1 Å². The maximum atomic E-state index is 13.8. The number of aromatic nitrogens is 1. The van der Waals surface area contributed by atoms with Gasteiger partial charge in [0.2, 0.25) is 0 Å². The summed E-state index contributed by atoms with van der Waals surface area (Å²) in [4.78, 5) is 19.9. The Kier molecular flexibility index (Phi) is 4.64. The van der Waals surface area contributed by atoms with Crippen LogP contribution in [0.3, 0.4) is 0 Å². The number of nitrogens with one attached hydrogen (secondary N) is 1. The molecule has 1 aromatic heterocycles. The molecule has 1 aromatic carbocycles. The molecule has 0 bridgehead atoms. The highest BCUT2D eigenvalue weighted by Crippen LogP contribution is 2.53. The second kappa shape index (κ2) is 6.83. The molecule has 2 aromatic rings. The average Bonchev–Trinajstić information content (AvgIpc) is 2.96. The number of carbonyl (C=O) groups excluding carboxylic acids is 1. The Labute approximate surface area is 170 Å². The van der Waals surface area contributed by atoms with Gasteiger partial charge in [0.1, 0.15) is 17.4 Å². The van der Waals surface area contributed by atoms with E-state index in [1.54, 1.807) is 6.07 Å². The lowest BCUT2D eigenvalue weighted by Crippen LogP contribution is -2.66. The first-order valence-electron chi connectivity index (χ1n) is 9.27. The largest absolute Gasteiger partial charge is 0.573 e. The highest BCUT2D eigenvalue weighted by atomic mass is 19.4. The van der Waals surface area contributed by atoms with Gasteiger partial charge in [-0.3, -0.25) is 9.80 Å². The van der Waals surface area contributed by atoms with Crippen LogP contribution in [0.4, 0.5) is 28.2 Å². The molecule has 4 rings (SSSR count). The Morgan fingerprint density at radius 3 is 2.50 bits per heavy atom. The van der Waals surface area contributed by atoms with Gasteiger partial charge in [0.25, 0.3) is 0 Å². The molecule has 0 unspecified atom stereocenters. The predicted octanol–water partition coefficient (Wildman–Crippen LogP) is 3.64. The van der Waals surface area contributed by atoms with Crippen LogP contribution in [0.2, 0.25) is 0 Å². The standard InChI is InChI=1S/C20H20F4N4O2/c1-27(2)19(13-4-3-5-14(21)8-13)10-18(11-19)12-28(17(29)26-18)16-7-6-15(9-25-16)30-20(22,23)24/h3-9H,10-12H2,1-2H3,(H,26,29)/t18-,19+. The van der Waals surface area contributed by atoms with Crippen LogP contribution in [-0.2, 0) is 5.54 Å². The molecule has 1 saturated heterocycles. The first-order valence-corrected chi connectivity index (χ1v) is 9.27. The lowest BCUT2D eigenvalue weighted by Gasteiger charge is -2.57. The van der Waals surface area contributed by atoms with Crippen molar-refractivity contribution in [3.63, 3.8) is 0 Å². The zero-order chi connectivity index (χ0) is 21.7. The third-order valence-electron chi connectivity index (χ3n) is 5.79. The van der Waals surface area contributed by atoms with Crippen molar-refractivity contribution in [3.8, 4) is 5.75 Å². The Bertz CT molecular complexity index is 956. The Hall–Kier alpha value is -2.88. The Morgan fingerprint density at radius 1 is 1.20 bits per heavy atom. The zero-order valence-electron chi connectivity index (χ0n) is 16.3. The van der Waals surface area contributed by atoms with Crippen LogP contribution >= 0.6 is 0 Å². The van der Waals surface area contributed by atoms with Crippen molar-refractivity contribution >= 4 is 11.8 Å². The Balaban J connectivity index is 1.51. The van der Waals surface area contributed by atoms with Crippen LogP contribution < -0.4 is 15.0 Å². The molecule has 1 saturated carbocycles. The minimum Gasteiger partial charge on any atom is -0.404 e. The van der Waals surface area contributed by atoms with E-state index in [0.717, 1.165) is 17.8 Å². The molecular formula is C20H20F4N4O2. The fourth-order valence-electron chi connectivity index (χ4n) is 4.44. The van der Waals surface area contributed by atoms with Crippen molar-refractivity contribution in [1.82, 2.24) is 15.2 Å². The number of nitrogens with zero attached hydrogens (tertiary/aromatic N) is 3. The minimum atomic E-state index is -4.81. The molecule has 2 heterocycles. The molecule has 2 amide bonds. The molecule has 30 heavy (non-hydrogen) atoms. The van der Waals surface area contributed by atoms with E-state index in [1.165, 1.54) is 23.1 Å². The number of rotatable bonds is 4. The van der Waals surface area contributed by atoms with Crippen molar-refractivity contribution in [1.29, 1.82) is 0 Å². The van der Waals surface area contributed by atoms with Crippen molar-refractivity contribution in [2.45, 2.75) is 30.3 Å². The zero-order valence-corrected chi connectivity index (χ0v) is 16.3. The second-order valence-electron chi connectivity index (χ2n) is 7.99. The molecule has 1 aliphatic heterocycles. The highest BCUT2D eigenvalue weighted by Gasteiger charge is 2.61. The monoisotopic (exact) mass is 424 g/mol. The van der Waals surface area contributed by atoms with Crippen LogP contribution in [0.15, 0.2) is 42.6 Å². The van der Waals surface area contributed by atoms with Crippen LogP contribution in [0.25, 0.3) is 0 Å². The number of pyridine rings is 1. The number of hydrogen-bond donors (Lipinski definition) is 1. The molecule has 1 N–H and O–H groups in total. The van der Waals surface area contributed by atoms with Gasteiger partial charge in [-0.1, -0.05) is 12.1 Å². The van der Waals surface area contributed by atoms with Gasteiger partial charge in [-0.15, -0.1) is 13.2 Å². The number of amides is 2. The van der Waals surface area contributed by atoms with Gasteiger partial charge in [-0.05, 0) is 56.8 Å². The third-order valence-corrected chi connectivity index (χ3v) is 5.79. The summed E-state index contributed by atoms with van der Waals surface area (Å²) in [5, 5.41) is 2.98. The molecule has 160 valence electrons. The maximum absolute atomic E-state index is 13.8. The summed E-state index contributed by atoms with van der Waals surface area (Å²) >= 11 is 0. The first-order chi connectivity index (χ1) is 14.0. The van der Waals surface area contributed by atoms with E-state index in [9.17, 15) is 22.4 Å². The van der Waals surface area contributed by atoms with Crippen LogP contribution in [-0.4, -0.2) is 48.5 Å². The number of alkyl halides is 3. The van der Waals surface area contributed by atoms with E-state index in [2.05, 4.69) is 15.0 Å². The molecule has 0 radical (unpaired) electrons. The van der Waals surface area contributed by atoms with Crippen LogP contribution in [0, 0.1) is 5.82 Å². The summed E-state index contributed by atoms with van der Waals surface area (Å²) in [5.41, 5.74) is -0.128. The van der Waals surface area contributed by atoms with E-state index >= 15 is 0 Å². The molecule has 2 aliphatic rings. The fourth-order valence-corrected chi connectivity index (χ4v) is 4.44. The molecular weight excluding hydrogens is 404 g/mol. The summed E-state index contributed by atoms with van der Waals surface area (Å²) < 4.78 is 54.5. The van der Waals surface area contributed by atoms with Crippen molar-refractivity contribution in [3.05, 3.63) is 54.0 Å². The molecule has 1 spiro atoms. The smallest absolute Gasteiger partial charge is 0.404 e. The number of benzene rings is 1. The van der Waals surface area contributed by atoms with Gasteiger partial charge in [-0.25, -0.2) is 14.2 Å². The van der Waals surface area contributed by atoms with E-state index < -0.39 is 23.2 Å². The summed E-state index contributed by atoms with van der Waals surface area (Å²) in [6.45, 7) is 0.309. The Morgan fingerprint density at radius 2 is 1.93 bits per heavy atom. The summed E-state index contributed by atoms with van der Waals surface area (Å²) in [5.74, 6) is -0.550. The number of urea groups is 1. The normalized spacial score (nSPS) is 26.1.